The normalized spacial score (nSPS) is 24.0. The van der Waals surface area contributed by atoms with Crippen LogP contribution in [0.5, 0.6) is 5.75 Å². The van der Waals surface area contributed by atoms with Gasteiger partial charge in [-0.25, -0.2) is 0 Å². The number of rotatable bonds is 6. The molecule has 1 aromatic rings. The largest absolute Gasteiger partial charge is 0.490 e. The minimum absolute atomic E-state index is 0.0518. The van der Waals surface area contributed by atoms with E-state index in [4.69, 9.17) is 21.1 Å². The van der Waals surface area contributed by atoms with Crippen molar-refractivity contribution in [3.63, 3.8) is 0 Å². The first-order chi connectivity index (χ1) is 16.5. The second-order valence-corrected chi connectivity index (χ2v) is 9.76. The minimum atomic E-state index is -0.185. The lowest BCUT2D eigenvalue weighted by molar-refractivity contribution is -0.144. The zero-order valence-corrected chi connectivity index (χ0v) is 20.4. The van der Waals surface area contributed by atoms with Crippen molar-refractivity contribution in [2.24, 2.45) is 5.92 Å². The van der Waals surface area contributed by atoms with Crippen LogP contribution in [0.15, 0.2) is 24.3 Å². The molecule has 0 aliphatic carbocycles. The molecule has 9 heteroatoms. The molecule has 4 rings (SSSR count). The molecule has 1 aromatic carbocycles. The number of amides is 3. The Balaban J connectivity index is 1.42. The van der Waals surface area contributed by atoms with E-state index < -0.39 is 0 Å². The fourth-order valence-electron chi connectivity index (χ4n) is 4.91. The van der Waals surface area contributed by atoms with Gasteiger partial charge in [0, 0.05) is 62.9 Å². The summed E-state index contributed by atoms with van der Waals surface area (Å²) < 4.78 is 11.6. The Morgan fingerprint density at radius 2 is 1.74 bits per heavy atom. The number of morpholine rings is 1. The van der Waals surface area contributed by atoms with Crippen LogP contribution in [0.3, 0.4) is 0 Å². The average Bonchev–Trinajstić information content (AvgIpc) is 3.06. The van der Waals surface area contributed by atoms with E-state index in [0.29, 0.717) is 76.0 Å². The summed E-state index contributed by atoms with van der Waals surface area (Å²) in [6, 6.07) is 7.21. The lowest BCUT2D eigenvalue weighted by Crippen LogP contribution is -2.52. The molecule has 3 aliphatic heterocycles. The highest BCUT2D eigenvalue weighted by atomic mass is 35.5. The second-order valence-electron chi connectivity index (χ2n) is 9.32. The number of benzene rings is 1. The maximum Gasteiger partial charge on any atom is 0.242 e. The SMILES string of the molecule is O=C(C[C@H]1CN(C(=O)CN2CCCCCC2=O)CC[C@@H]1Oc1ccc(Cl)cc1)N1CCOCC1. The van der Waals surface area contributed by atoms with Gasteiger partial charge < -0.3 is 24.2 Å². The van der Waals surface area contributed by atoms with Crippen molar-refractivity contribution in [1.29, 1.82) is 0 Å². The lowest BCUT2D eigenvalue weighted by Gasteiger charge is -2.40. The molecular weight excluding hydrogens is 458 g/mol. The average molecular weight is 492 g/mol. The van der Waals surface area contributed by atoms with Crippen molar-refractivity contribution in [2.45, 2.75) is 44.6 Å². The highest BCUT2D eigenvalue weighted by molar-refractivity contribution is 6.30. The number of hydrogen-bond donors (Lipinski definition) is 0. The van der Waals surface area contributed by atoms with Gasteiger partial charge in [-0.2, -0.15) is 0 Å². The van der Waals surface area contributed by atoms with Crippen molar-refractivity contribution < 1.29 is 23.9 Å². The molecule has 34 heavy (non-hydrogen) atoms. The van der Waals surface area contributed by atoms with Gasteiger partial charge in [-0.1, -0.05) is 18.0 Å². The van der Waals surface area contributed by atoms with E-state index in [1.54, 1.807) is 21.9 Å². The van der Waals surface area contributed by atoms with Crippen LogP contribution in [0, 0.1) is 5.92 Å². The molecule has 8 nitrogen and oxygen atoms in total. The standard InChI is InChI=1S/C25H34ClN3O5/c26-20-5-7-21(8-6-20)34-22-9-11-29(25(32)18-28-10-3-1-2-4-23(28)30)17-19(22)16-24(31)27-12-14-33-15-13-27/h5-8,19,22H,1-4,9-18H2/t19-,22-/m0/s1. The predicted octanol–water partition coefficient (Wildman–Crippen LogP) is 2.59. The summed E-state index contributed by atoms with van der Waals surface area (Å²) >= 11 is 6.00. The molecule has 0 unspecified atom stereocenters. The summed E-state index contributed by atoms with van der Waals surface area (Å²) in [7, 11) is 0. The van der Waals surface area contributed by atoms with Crippen LogP contribution in [0.1, 0.15) is 38.5 Å². The summed E-state index contributed by atoms with van der Waals surface area (Å²) in [5, 5.41) is 0.634. The van der Waals surface area contributed by atoms with Crippen LogP contribution < -0.4 is 4.74 Å². The van der Waals surface area contributed by atoms with Crippen molar-refractivity contribution in [3.05, 3.63) is 29.3 Å². The Morgan fingerprint density at radius 3 is 2.50 bits per heavy atom. The number of carbonyl (C=O) groups is 3. The van der Waals surface area contributed by atoms with Gasteiger partial charge in [0.2, 0.25) is 17.7 Å². The third kappa shape index (κ3) is 6.63. The lowest BCUT2D eigenvalue weighted by atomic mass is 9.90. The molecule has 0 radical (unpaired) electrons. The van der Waals surface area contributed by atoms with Crippen molar-refractivity contribution in [3.8, 4) is 5.75 Å². The maximum atomic E-state index is 13.1. The first-order valence-corrected chi connectivity index (χ1v) is 12.7. The molecule has 3 fully saturated rings. The Morgan fingerprint density at radius 1 is 0.971 bits per heavy atom. The van der Waals surface area contributed by atoms with Gasteiger partial charge in [-0.05, 0) is 37.1 Å². The van der Waals surface area contributed by atoms with Gasteiger partial charge >= 0.3 is 0 Å². The number of carbonyl (C=O) groups excluding carboxylic acids is 3. The summed E-state index contributed by atoms with van der Waals surface area (Å²) in [6.07, 6.45) is 4.12. The molecule has 0 bridgehead atoms. The van der Waals surface area contributed by atoms with E-state index in [0.717, 1.165) is 19.3 Å². The highest BCUT2D eigenvalue weighted by Crippen LogP contribution is 2.27. The Kier molecular flexibility index (Phi) is 8.67. The van der Waals surface area contributed by atoms with E-state index in [2.05, 4.69) is 0 Å². The van der Waals surface area contributed by atoms with E-state index in [1.807, 2.05) is 17.0 Å². The number of piperidine rings is 1. The van der Waals surface area contributed by atoms with E-state index in [-0.39, 0.29) is 36.3 Å². The van der Waals surface area contributed by atoms with Crippen LogP contribution >= 0.6 is 11.6 Å². The zero-order chi connectivity index (χ0) is 23.9. The summed E-state index contributed by atoms with van der Waals surface area (Å²) in [6.45, 7) is 4.02. The third-order valence-electron chi connectivity index (χ3n) is 6.92. The molecular formula is C25H34ClN3O5. The molecule has 0 aromatic heterocycles. The monoisotopic (exact) mass is 491 g/mol. The number of halogens is 1. The predicted molar refractivity (Wildman–Crippen MR) is 128 cm³/mol. The van der Waals surface area contributed by atoms with Gasteiger partial charge in [0.05, 0.1) is 19.8 Å². The number of likely N-dealkylation sites (tertiary alicyclic amines) is 2. The topological polar surface area (TPSA) is 79.4 Å². The van der Waals surface area contributed by atoms with E-state index >= 15 is 0 Å². The fraction of sp³-hybridized carbons (Fsp3) is 0.640. The van der Waals surface area contributed by atoms with Gasteiger partial charge in [0.15, 0.2) is 0 Å². The van der Waals surface area contributed by atoms with E-state index in [9.17, 15) is 14.4 Å². The van der Waals surface area contributed by atoms with Gasteiger partial charge in [-0.15, -0.1) is 0 Å². The first-order valence-electron chi connectivity index (χ1n) is 12.3. The van der Waals surface area contributed by atoms with Crippen LogP contribution in [-0.4, -0.2) is 91.0 Å². The Hall–Kier alpha value is -2.32. The van der Waals surface area contributed by atoms with Gasteiger partial charge in [0.25, 0.3) is 0 Å². The molecule has 0 saturated carbocycles. The molecule has 2 atom stereocenters. The van der Waals surface area contributed by atoms with Gasteiger partial charge in [0.1, 0.15) is 11.9 Å². The number of ether oxygens (including phenoxy) is 2. The van der Waals surface area contributed by atoms with Crippen LogP contribution in [0.4, 0.5) is 0 Å². The molecule has 3 saturated heterocycles. The quantitative estimate of drug-likeness (QED) is 0.611. The summed E-state index contributed by atoms with van der Waals surface area (Å²) in [4.78, 5) is 43.8. The number of hydrogen-bond acceptors (Lipinski definition) is 5. The molecule has 3 heterocycles. The molecule has 3 aliphatic rings. The molecule has 186 valence electrons. The fourth-order valence-corrected chi connectivity index (χ4v) is 5.04. The van der Waals surface area contributed by atoms with Crippen molar-refractivity contribution in [1.82, 2.24) is 14.7 Å². The van der Waals surface area contributed by atoms with Crippen molar-refractivity contribution >= 4 is 29.3 Å². The molecule has 3 amide bonds. The van der Waals surface area contributed by atoms with Crippen LogP contribution in [0.2, 0.25) is 5.02 Å². The number of nitrogens with zero attached hydrogens (tertiary/aromatic N) is 3. The van der Waals surface area contributed by atoms with E-state index in [1.165, 1.54) is 0 Å². The minimum Gasteiger partial charge on any atom is -0.490 e. The third-order valence-corrected chi connectivity index (χ3v) is 7.17. The molecule has 0 N–H and O–H groups in total. The van der Waals surface area contributed by atoms with Crippen LogP contribution in [-0.2, 0) is 19.1 Å². The summed E-state index contributed by atoms with van der Waals surface area (Å²) in [5.74, 6) is 0.640. The second kappa shape index (κ2) is 11.9. The summed E-state index contributed by atoms with van der Waals surface area (Å²) in [5.41, 5.74) is 0. The maximum absolute atomic E-state index is 13.1. The smallest absolute Gasteiger partial charge is 0.242 e. The van der Waals surface area contributed by atoms with Gasteiger partial charge in [-0.3, -0.25) is 14.4 Å². The zero-order valence-electron chi connectivity index (χ0n) is 19.6. The Bertz CT molecular complexity index is 859. The van der Waals surface area contributed by atoms with Crippen LogP contribution in [0.25, 0.3) is 0 Å². The highest BCUT2D eigenvalue weighted by Gasteiger charge is 2.36. The molecule has 0 spiro atoms. The first kappa shape index (κ1) is 24.8. The Labute approximate surface area is 206 Å². The van der Waals surface area contributed by atoms with Crippen molar-refractivity contribution in [2.75, 3.05) is 52.5 Å².